The van der Waals surface area contributed by atoms with Crippen molar-refractivity contribution in [1.82, 2.24) is 18.7 Å². The van der Waals surface area contributed by atoms with Gasteiger partial charge in [0.25, 0.3) is 5.56 Å². The predicted molar refractivity (Wildman–Crippen MR) is 139 cm³/mol. The summed E-state index contributed by atoms with van der Waals surface area (Å²) in [4.78, 5) is 50.9. The number of aromatic nitrogens is 4. The Bertz CT molecular complexity index is 1570. The number of anilines is 2. The molecule has 0 radical (unpaired) electrons. The summed E-state index contributed by atoms with van der Waals surface area (Å²) in [6.07, 6.45) is 1.81. The summed E-state index contributed by atoms with van der Waals surface area (Å²) in [5.41, 5.74) is 7.35. The van der Waals surface area contributed by atoms with Crippen molar-refractivity contribution in [2.24, 2.45) is 17.8 Å². The average molecular weight is 489 g/mol. The van der Waals surface area contributed by atoms with E-state index in [-0.39, 0.29) is 37.0 Å². The molecule has 2 aliphatic heterocycles. The SMILES string of the molecule is CC#CCn1c(N2CCCC(N)C2)nc2c1c(=O)n(CC1=Nc3ccccc3NC(=O)C1)c(=O)n2C. The smallest absolute Gasteiger partial charge is 0.332 e. The van der Waals surface area contributed by atoms with Crippen molar-refractivity contribution in [2.75, 3.05) is 23.3 Å². The standard InChI is InChI=1S/C25H28N8O3/c1-3-4-12-32-21-22(29-24(32)31-11-7-8-16(26)14-31)30(2)25(36)33(23(21)35)15-17-13-20(34)28-19-10-6-5-9-18(19)27-17/h5-6,9-10,16H,7-8,11-15,26H2,1-2H3,(H,28,34). The number of nitrogens with two attached hydrogens (primary N) is 1. The number of carbonyl (C=O) groups is 1. The van der Waals surface area contributed by atoms with Gasteiger partial charge in [0.05, 0.1) is 30.9 Å². The zero-order valence-electron chi connectivity index (χ0n) is 20.3. The molecule has 1 atom stereocenters. The molecule has 0 saturated carbocycles. The Morgan fingerprint density at radius 1 is 1.19 bits per heavy atom. The molecule has 1 unspecified atom stereocenters. The second kappa shape index (κ2) is 9.47. The van der Waals surface area contributed by atoms with E-state index < -0.39 is 11.2 Å². The quantitative estimate of drug-likeness (QED) is 0.526. The first kappa shape index (κ1) is 23.6. The minimum absolute atomic E-state index is 0.00650. The van der Waals surface area contributed by atoms with Crippen molar-refractivity contribution in [3.63, 3.8) is 0 Å². The monoisotopic (exact) mass is 488 g/mol. The van der Waals surface area contributed by atoms with Gasteiger partial charge in [0.1, 0.15) is 0 Å². The van der Waals surface area contributed by atoms with Crippen LogP contribution < -0.4 is 27.2 Å². The third-order valence-electron chi connectivity index (χ3n) is 6.53. The fourth-order valence-electron chi connectivity index (χ4n) is 4.78. The fourth-order valence-corrected chi connectivity index (χ4v) is 4.78. The number of hydrogen-bond donors (Lipinski definition) is 2. The third-order valence-corrected chi connectivity index (χ3v) is 6.53. The number of carbonyl (C=O) groups excluding carboxylic acids is 1. The van der Waals surface area contributed by atoms with E-state index >= 15 is 0 Å². The molecular formula is C25H28N8O3. The number of piperidine rings is 1. The molecule has 11 heteroatoms. The van der Waals surface area contributed by atoms with Gasteiger partial charge >= 0.3 is 5.69 Å². The van der Waals surface area contributed by atoms with Gasteiger partial charge in [-0.05, 0) is 31.9 Å². The van der Waals surface area contributed by atoms with Crippen LogP contribution in [0.25, 0.3) is 11.2 Å². The van der Waals surface area contributed by atoms with E-state index in [0.29, 0.717) is 35.2 Å². The molecule has 2 aromatic heterocycles. The largest absolute Gasteiger partial charge is 0.341 e. The molecule has 11 nitrogen and oxygen atoms in total. The maximum Gasteiger partial charge on any atom is 0.332 e. The number of amides is 1. The molecule has 0 spiro atoms. The van der Waals surface area contributed by atoms with Crippen molar-refractivity contribution in [3.05, 3.63) is 45.1 Å². The van der Waals surface area contributed by atoms with Gasteiger partial charge in [-0.25, -0.2) is 4.79 Å². The highest BCUT2D eigenvalue weighted by Crippen LogP contribution is 2.27. The lowest BCUT2D eigenvalue weighted by molar-refractivity contribution is -0.115. The average Bonchev–Trinajstić information content (AvgIpc) is 3.16. The van der Waals surface area contributed by atoms with Crippen molar-refractivity contribution >= 4 is 40.1 Å². The van der Waals surface area contributed by atoms with E-state index in [9.17, 15) is 14.4 Å². The van der Waals surface area contributed by atoms with Gasteiger partial charge < -0.3 is 16.0 Å². The Labute approximate surface area is 207 Å². The van der Waals surface area contributed by atoms with Crippen molar-refractivity contribution in [1.29, 1.82) is 0 Å². The Balaban J connectivity index is 1.66. The Morgan fingerprint density at radius 2 is 2.00 bits per heavy atom. The maximum absolute atomic E-state index is 13.8. The molecule has 1 fully saturated rings. The number of para-hydroxylation sites is 2. The molecule has 5 rings (SSSR count). The summed E-state index contributed by atoms with van der Waals surface area (Å²) in [5.74, 6) is 6.22. The zero-order valence-corrected chi connectivity index (χ0v) is 20.3. The Morgan fingerprint density at radius 3 is 2.78 bits per heavy atom. The van der Waals surface area contributed by atoms with Gasteiger partial charge in [-0.2, -0.15) is 4.98 Å². The summed E-state index contributed by atoms with van der Waals surface area (Å²) in [6, 6.07) is 7.17. The van der Waals surface area contributed by atoms with Crippen molar-refractivity contribution in [2.45, 2.75) is 45.3 Å². The van der Waals surface area contributed by atoms with Crippen LogP contribution in [0.3, 0.4) is 0 Å². The van der Waals surface area contributed by atoms with E-state index in [1.807, 2.05) is 6.07 Å². The Hall–Kier alpha value is -4.17. The fraction of sp³-hybridized carbons (Fsp3) is 0.400. The zero-order chi connectivity index (χ0) is 25.4. The molecule has 36 heavy (non-hydrogen) atoms. The van der Waals surface area contributed by atoms with E-state index in [2.05, 4.69) is 27.0 Å². The van der Waals surface area contributed by atoms with Gasteiger partial charge in [-0.3, -0.25) is 28.3 Å². The topological polar surface area (TPSA) is 133 Å². The van der Waals surface area contributed by atoms with Crippen molar-refractivity contribution < 1.29 is 4.79 Å². The molecular weight excluding hydrogens is 460 g/mol. The number of nitrogens with zero attached hydrogens (tertiary/aromatic N) is 6. The van der Waals surface area contributed by atoms with Gasteiger partial charge in [0.15, 0.2) is 11.2 Å². The van der Waals surface area contributed by atoms with Crippen LogP contribution in [0, 0.1) is 11.8 Å². The van der Waals surface area contributed by atoms with E-state index in [1.165, 1.54) is 4.57 Å². The minimum atomic E-state index is -0.527. The number of aliphatic imine (C=N–C) groups is 1. The number of benzene rings is 1. The first-order chi connectivity index (χ1) is 17.4. The summed E-state index contributed by atoms with van der Waals surface area (Å²) >= 11 is 0. The summed E-state index contributed by atoms with van der Waals surface area (Å²) in [5, 5.41) is 2.81. The molecule has 2 aliphatic rings. The highest BCUT2D eigenvalue weighted by Gasteiger charge is 2.27. The molecule has 186 valence electrons. The number of rotatable bonds is 4. The number of aryl methyl sites for hydroxylation is 1. The summed E-state index contributed by atoms with van der Waals surface area (Å²) < 4.78 is 4.25. The summed E-state index contributed by atoms with van der Waals surface area (Å²) in [6.45, 7) is 3.23. The minimum Gasteiger partial charge on any atom is -0.341 e. The lowest BCUT2D eigenvalue weighted by atomic mass is 10.1. The molecule has 3 aromatic rings. The number of hydrogen-bond acceptors (Lipinski definition) is 7. The van der Waals surface area contributed by atoms with E-state index in [4.69, 9.17) is 10.7 Å². The van der Waals surface area contributed by atoms with Gasteiger partial charge in [0, 0.05) is 31.9 Å². The molecule has 4 heterocycles. The maximum atomic E-state index is 13.8. The number of imidazole rings is 1. The summed E-state index contributed by atoms with van der Waals surface area (Å²) in [7, 11) is 1.59. The Kier molecular flexibility index (Phi) is 6.20. The molecule has 1 saturated heterocycles. The predicted octanol–water partition coefficient (Wildman–Crippen LogP) is 0.962. The van der Waals surface area contributed by atoms with Crippen LogP contribution in [0.5, 0.6) is 0 Å². The number of fused-ring (bicyclic) bond motifs is 2. The van der Waals surface area contributed by atoms with E-state index in [0.717, 1.165) is 24.0 Å². The van der Waals surface area contributed by atoms with Crippen LogP contribution in [-0.2, 0) is 24.9 Å². The van der Waals surface area contributed by atoms with Gasteiger partial charge in [-0.15, -0.1) is 5.92 Å². The number of nitrogens with one attached hydrogen (secondary N) is 1. The van der Waals surface area contributed by atoms with Crippen LogP contribution in [0.1, 0.15) is 26.2 Å². The van der Waals surface area contributed by atoms with Gasteiger partial charge in [0.2, 0.25) is 11.9 Å². The molecule has 0 aliphatic carbocycles. The highest BCUT2D eigenvalue weighted by atomic mass is 16.2. The lowest BCUT2D eigenvalue weighted by Gasteiger charge is -2.31. The van der Waals surface area contributed by atoms with Crippen LogP contribution >= 0.6 is 0 Å². The molecule has 0 bridgehead atoms. The molecule has 3 N–H and O–H groups in total. The van der Waals surface area contributed by atoms with E-state index in [1.54, 1.807) is 36.7 Å². The molecule has 1 amide bonds. The third kappa shape index (κ3) is 4.20. The second-order valence-electron chi connectivity index (χ2n) is 9.10. The van der Waals surface area contributed by atoms with Gasteiger partial charge in [-0.1, -0.05) is 18.1 Å². The van der Waals surface area contributed by atoms with Crippen LogP contribution in [0.4, 0.5) is 17.3 Å². The van der Waals surface area contributed by atoms with Crippen LogP contribution in [-0.4, -0.2) is 49.4 Å². The van der Waals surface area contributed by atoms with Crippen LogP contribution in [0.2, 0.25) is 0 Å². The normalized spacial score (nSPS) is 17.6. The first-order valence-electron chi connectivity index (χ1n) is 11.9. The lowest BCUT2D eigenvalue weighted by Crippen LogP contribution is -2.44. The second-order valence-corrected chi connectivity index (χ2v) is 9.10. The molecule has 1 aromatic carbocycles. The highest BCUT2D eigenvalue weighted by molar-refractivity contribution is 6.10. The van der Waals surface area contributed by atoms with Crippen LogP contribution in [0.15, 0.2) is 38.8 Å². The van der Waals surface area contributed by atoms with Crippen molar-refractivity contribution in [3.8, 4) is 11.8 Å². The first-order valence-corrected chi connectivity index (χ1v) is 11.9.